The van der Waals surface area contributed by atoms with Gasteiger partial charge in [0, 0.05) is 35.8 Å². The molecule has 8 nitrogen and oxygen atoms in total. The molecule has 1 unspecified atom stereocenters. The van der Waals surface area contributed by atoms with E-state index in [1.807, 2.05) is 19.2 Å². The van der Waals surface area contributed by atoms with E-state index in [1.54, 1.807) is 12.1 Å². The molecule has 2 aliphatic rings. The number of aldehydes is 1. The number of nitrogens with zero attached hydrogens (tertiary/aromatic N) is 3. The summed E-state index contributed by atoms with van der Waals surface area (Å²) in [5.74, 6) is 1.43. The van der Waals surface area contributed by atoms with Gasteiger partial charge in [0.05, 0.1) is 11.4 Å². The molecule has 1 atom stereocenters. The molecule has 0 amide bonds. The maximum absolute atomic E-state index is 11.8. The van der Waals surface area contributed by atoms with E-state index in [0.29, 0.717) is 29.2 Å². The van der Waals surface area contributed by atoms with Gasteiger partial charge in [-0.05, 0) is 64.4 Å². The van der Waals surface area contributed by atoms with Gasteiger partial charge < -0.3 is 25.5 Å². The highest BCUT2D eigenvalue weighted by Gasteiger charge is 2.40. The van der Waals surface area contributed by atoms with Crippen molar-refractivity contribution in [1.29, 1.82) is 5.41 Å². The summed E-state index contributed by atoms with van der Waals surface area (Å²) in [5.41, 5.74) is 7.51. The number of nitrogens with two attached hydrogens (primary N) is 1. The second kappa shape index (κ2) is 8.26. The standard InChI is InChI=1S/C23H30N6O2/c1-22(5-6-22)31-16-3-4-18(24)17(11-16)21(25)19-12-20(28-15-27-19)29-10-8-23(13-29,14-30)7-9-26-2/h3-4,11-12,14-15,25-26H,5-10,13,24H2,1-2H3. The van der Waals surface area contributed by atoms with E-state index in [1.165, 1.54) is 6.33 Å². The number of anilines is 2. The van der Waals surface area contributed by atoms with Crippen LogP contribution in [0.25, 0.3) is 0 Å². The lowest BCUT2D eigenvalue weighted by atomic mass is 9.85. The maximum atomic E-state index is 11.8. The molecule has 1 aliphatic carbocycles. The lowest BCUT2D eigenvalue weighted by Gasteiger charge is -2.23. The minimum Gasteiger partial charge on any atom is -0.488 e. The van der Waals surface area contributed by atoms with Gasteiger partial charge in [-0.2, -0.15) is 0 Å². The molecule has 1 aromatic carbocycles. The maximum Gasteiger partial charge on any atom is 0.132 e. The molecule has 1 aliphatic heterocycles. The van der Waals surface area contributed by atoms with Crippen molar-refractivity contribution in [2.75, 3.05) is 37.3 Å². The summed E-state index contributed by atoms with van der Waals surface area (Å²) in [4.78, 5) is 22.6. The molecule has 164 valence electrons. The molecule has 8 heteroatoms. The zero-order valence-electron chi connectivity index (χ0n) is 18.1. The Balaban J connectivity index is 1.54. The Morgan fingerprint density at radius 2 is 2.13 bits per heavy atom. The third kappa shape index (κ3) is 4.54. The average molecular weight is 423 g/mol. The summed E-state index contributed by atoms with van der Waals surface area (Å²) in [7, 11) is 1.89. The predicted molar refractivity (Wildman–Crippen MR) is 121 cm³/mol. The summed E-state index contributed by atoms with van der Waals surface area (Å²) in [6.07, 6.45) is 6.20. The van der Waals surface area contributed by atoms with Crippen LogP contribution in [0, 0.1) is 10.8 Å². The van der Waals surface area contributed by atoms with Gasteiger partial charge in [-0.25, -0.2) is 9.97 Å². The number of aromatic nitrogens is 2. The van der Waals surface area contributed by atoms with Gasteiger partial charge >= 0.3 is 0 Å². The quantitative estimate of drug-likeness (QED) is 0.323. The van der Waals surface area contributed by atoms with Crippen LogP contribution in [0.1, 0.15) is 43.9 Å². The number of carbonyl (C=O) groups is 1. The molecule has 4 N–H and O–H groups in total. The van der Waals surface area contributed by atoms with Gasteiger partial charge in [-0.1, -0.05) is 0 Å². The fraction of sp³-hybridized carbons (Fsp3) is 0.478. The number of rotatable bonds is 9. The Kier molecular flexibility index (Phi) is 5.66. The van der Waals surface area contributed by atoms with Crippen LogP contribution in [-0.4, -0.2) is 54.2 Å². The monoisotopic (exact) mass is 422 g/mol. The number of nitrogen functional groups attached to an aromatic ring is 1. The molecule has 1 saturated heterocycles. The first-order chi connectivity index (χ1) is 14.9. The Hall–Kier alpha value is -3.00. The second-order valence-corrected chi connectivity index (χ2v) is 8.94. The summed E-state index contributed by atoms with van der Waals surface area (Å²) < 4.78 is 6.04. The molecule has 0 bridgehead atoms. The molecule has 1 saturated carbocycles. The second-order valence-electron chi connectivity index (χ2n) is 8.94. The summed E-state index contributed by atoms with van der Waals surface area (Å²) in [6, 6.07) is 7.23. The number of carbonyl (C=O) groups excluding carboxylic acids is 1. The highest BCUT2D eigenvalue weighted by Crippen LogP contribution is 2.40. The third-order valence-corrected chi connectivity index (χ3v) is 6.35. The first-order valence-electron chi connectivity index (χ1n) is 10.7. The minimum absolute atomic E-state index is 0.105. The zero-order valence-corrected chi connectivity index (χ0v) is 18.1. The van der Waals surface area contributed by atoms with Crippen LogP contribution < -0.4 is 20.7 Å². The molecule has 2 aromatic rings. The van der Waals surface area contributed by atoms with Crippen molar-refractivity contribution in [3.05, 3.63) is 41.9 Å². The summed E-state index contributed by atoms with van der Waals surface area (Å²) in [5, 5.41) is 11.8. The lowest BCUT2D eigenvalue weighted by molar-refractivity contribution is -0.115. The number of nitrogens with one attached hydrogen (secondary N) is 2. The molecule has 2 fully saturated rings. The van der Waals surface area contributed by atoms with Crippen LogP contribution in [0.2, 0.25) is 0 Å². The van der Waals surface area contributed by atoms with Crippen LogP contribution >= 0.6 is 0 Å². The van der Waals surface area contributed by atoms with E-state index in [9.17, 15) is 4.79 Å². The molecule has 4 rings (SSSR count). The zero-order chi connectivity index (χ0) is 22.1. The van der Waals surface area contributed by atoms with Gasteiger partial charge in [-0.15, -0.1) is 0 Å². The topological polar surface area (TPSA) is 117 Å². The normalized spacial score (nSPS) is 21.7. The highest BCUT2D eigenvalue weighted by molar-refractivity contribution is 6.13. The van der Waals surface area contributed by atoms with E-state index in [0.717, 1.165) is 50.9 Å². The number of hydrogen-bond donors (Lipinski definition) is 3. The average Bonchev–Trinajstić information content (AvgIpc) is 3.35. The summed E-state index contributed by atoms with van der Waals surface area (Å²) >= 11 is 0. The van der Waals surface area contributed by atoms with Gasteiger partial charge in [0.2, 0.25) is 0 Å². The fourth-order valence-corrected chi connectivity index (χ4v) is 4.00. The van der Waals surface area contributed by atoms with Crippen molar-refractivity contribution in [2.24, 2.45) is 5.41 Å². The van der Waals surface area contributed by atoms with Gasteiger partial charge in [0.25, 0.3) is 0 Å². The molecule has 2 heterocycles. The van der Waals surface area contributed by atoms with E-state index < -0.39 is 0 Å². The third-order valence-electron chi connectivity index (χ3n) is 6.35. The van der Waals surface area contributed by atoms with Crippen molar-refractivity contribution in [2.45, 2.75) is 38.2 Å². The Labute approximate surface area is 182 Å². The Bertz CT molecular complexity index is 990. The van der Waals surface area contributed by atoms with E-state index in [4.69, 9.17) is 15.9 Å². The van der Waals surface area contributed by atoms with Crippen molar-refractivity contribution >= 4 is 23.5 Å². The Morgan fingerprint density at radius 1 is 1.32 bits per heavy atom. The Morgan fingerprint density at radius 3 is 2.84 bits per heavy atom. The van der Waals surface area contributed by atoms with Gasteiger partial charge in [-0.3, -0.25) is 5.41 Å². The van der Waals surface area contributed by atoms with Crippen molar-refractivity contribution < 1.29 is 9.53 Å². The molecule has 31 heavy (non-hydrogen) atoms. The number of benzene rings is 1. The van der Waals surface area contributed by atoms with E-state index in [2.05, 4.69) is 27.1 Å². The van der Waals surface area contributed by atoms with E-state index >= 15 is 0 Å². The smallest absolute Gasteiger partial charge is 0.132 e. The van der Waals surface area contributed by atoms with Crippen LogP contribution in [0.5, 0.6) is 5.75 Å². The van der Waals surface area contributed by atoms with Crippen LogP contribution in [0.4, 0.5) is 11.5 Å². The molecule has 0 spiro atoms. The fourth-order valence-electron chi connectivity index (χ4n) is 4.00. The molecular formula is C23H30N6O2. The molecule has 1 aromatic heterocycles. The largest absolute Gasteiger partial charge is 0.488 e. The van der Waals surface area contributed by atoms with Gasteiger partial charge in [0.1, 0.15) is 29.8 Å². The summed E-state index contributed by atoms with van der Waals surface area (Å²) in [6.45, 7) is 4.24. The van der Waals surface area contributed by atoms with E-state index in [-0.39, 0.29) is 16.7 Å². The van der Waals surface area contributed by atoms with Crippen LogP contribution in [-0.2, 0) is 4.79 Å². The molecular weight excluding hydrogens is 392 g/mol. The number of hydrogen-bond acceptors (Lipinski definition) is 8. The van der Waals surface area contributed by atoms with Gasteiger partial charge in [0.15, 0.2) is 0 Å². The predicted octanol–water partition coefficient (Wildman–Crippen LogP) is 2.41. The SMILES string of the molecule is CNCCC1(C=O)CCN(c2cc(C(=N)c3cc(OC4(C)CC4)ccc3N)ncn2)C1. The van der Waals surface area contributed by atoms with Crippen LogP contribution in [0.15, 0.2) is 30.6 Å². The van der Waals surface area contributed by atoms with Crippen LogP contribution in [0.3, 0.4) is 0 Å². The molecule has 0 radical (unpaired) electrons. The number of ether oxygens (including phenoxy) is 1. The lowest BCUT2D eigenvalue weighted by Crippen LogP contribution is -2.31. The van der Waals surface area contributed by atoms with Crippen molar-refractivity contribution in [1.82, 2.24) is 15.3 Å². The first kappa shape index (κ1) is 21.2. The first-order valence-corrected chi connectivity index (χ1v) is 10.7. The van der Waals surface area contributed by atoms with Crippen molar-refractivity contribution in [3.8, 4) is 5.75 Å². The highest BCUT2D eigenvalue weighted by atomic mass is 16.5. The minimum atomic E-state index is -0.364. The van der Waals surface area contributed by atoms with Crippen molar-refractivity contribution in [3.63, 3.8) is 0 Å².